The lowest BCUT2D eigenvalue weighted by Crippen LogP contribution is -2.30. The first-order chi connectivity index (χ1) is 12.8. The fourth-order valence-electron chi connectivity index (χ4n) is 5.97. The van der Waals surface area contributed by atoms with Gasteiger partial charge in [-0.15, -0.1) is 0 Å². The highest BCUT2D eigenvalue weighted by atomic mass is 14.5. The van der Waals surface area contributed by atoms with Crippen molar-refractivity contribution in [1.82, 2.24) is 0 Å². The number of hydrogen-bond acceptors (Lipinski definition) is 0. The molecule has 11 unspecified atom stereocenters. The largest absolute Gasteiger partial charge is 0.0625 e. The summed E-state index contributed by atoms with van der Waals surface area (Å²) in [5.74, 6) is 11.2. The monoisotopic (exact) mass is 392 g/mol. The van der Waals surface area contributed by atoms with Gasteiger partial charge >= 0.3 is 0 Å². The van der Waals surface area contributed by atoms with Crippen molar-refractivity contribution in [2.75, 3.05) is 0 Å². The lowest BCUT2D eigenvalue weighted by molar-refractivity contribution is 0.116. The minimum Gasteiger partial charge on any atom is -0.0625 e. The van der Waals surface area contributed by atoms with Gasteiger partial charge in [-0.25, -0.2) is 0 Å². The predicted octanol–water partition coefficient (Wildman–Crippen LogP) is 9.05. The Labute approximate surface area is 180 Å². The molecule has 1 aliphatic carbocycles. The Hall–Kier alpha value is 0. The summed E-state index contributed by atoms with van der Waals surface area (Å²) in [5, 5.41) is 0. The zero-order valence-corrected chi connectivity index (χ0v) is 21.9. The van der Waals surface area contributed by atoms with E-state index >= 15 is 0 Å². The molecule has 0 N–H and O–H groups in total. The molecule has 0 spiro atoms. The third-order valence-corrected chi connectivity index (χ3v) is 10.5. The zero-order chi connectivity index (χ0) is 21.9. The Morgan fingerprint density at radius 1 is 0.464 bits per heavy atom. The molecule has 0 heteroatoms. The van der Waals surface area contributed by atoms with Crippen LogP contribution in [0.25, 0.3) is 0 Å². The lowest BCUT2D eigenvalue weighted by Gasteiger charge is -2.38. The third-order valence-electron chi connectivity index (χ3n) is 10.5. The molecule has 0 aliphatic heterocycles. The number of rotatable bonds is 12. The Morgan fingerprint density at radius 3 is 1.21 bits per heavy atom. The van der Waals surface area contributed by atoms with E-state index in [1.807, 2.05) is 0 Å². The summed E-state index contributed by atoms with van der Waals surface area (Å²) in [7, 11) is 0. The summed E-state index contributed by atoms with van der Waals surface area (Å²) in [6.07, 6.45) is 2.84. The highest BCUT2D eigenvalue weighted by Crippen LogP contribution is 2.50. The molecule has 28 heavy (non-hydrogen) atoms. The van der Waals surface area contributed by atoms with E-state index in [4.69, 9.17) is 0 Å². The van der Waals surface area contributed by atoms with Crippen LogP contribution >= 0.6 is 0 Å². The molecule has 0 bridgehead atoms. The van der Waals surface area contributed by atoms with Crippen LogP contribution in [0.4, 0.5) is 0 Å². The Bertz CT molecular complexity index is 429. The van der Waals surface area contributed by atoms with Crippen LogP contribution in [0.2, 0.25) is 0 Å². The molecule has 168 valence electrons. The average molecular weight is 393 g/mol. The lowest BCUT2D eigenvalue weighted by atomic mass is 9.68. The van der Waals surface area contributed by atoms with Gasteiger partial charge in [0.15, 0.2) is 0 Å². The molecule has 0 amide bonds. The molecule has 1 rings (SSSR count). The van der Waals surface area contributed by atoms with Gasteiger partial charge in [-0.2, -0.15) is 0 Å². The van der Waals surface area contributed by atoms with E-state index in [9.17, 15) is 0 Å². The number of hydrogen-bond donors (Lipinski definition) is 0. The Morgan fingerprint density at radius 2 is 0.821 bits per heavy atom. The third kappa shape index (κ3) is 6.50. The van der Waals surface area contributed by atoms with Crippen molar-refractivity contribution in [2.24, 2.45) is 76.9 Å². The molecule has 0 heterocycles. The second-order valence-electron chi connectivity index (χ2n) is 12.2. The van der Waals surface area contributed by atoms with Crippen LogP contribution in [-0.4, -0.2) is 0 Å². The molecule has 1 saturated carbocycles. The first-order valence-electron chi connectivity index (χ1n) is 12.8. The van der Waals surface area contributed by atoms with E-state index in [1.54, 1.807) is 0 Å². The highest BCUT2D eigenvalue weighted by Gasteiger charge is 2.43. The molecule has 1 aliphatic rings. The van der Waals surface area contributed by atoms with Crippen molar-refractivity contribution in [1.29, 1.82) is 0 Å². The van der Waals surface area contributed by atoms with E-state index in [2.05, 4.69) is 90.0 Å². The summed E-state index contributed by atoms with van der Waals surface area (Å²) in [4.78, 5) is 0. The van der Waals surface area contributed by atoms with Gasteiger partial charge in [-0.1, -0.05) is 90.0 Å². The summed E-state index contributed by atoms with van der Waals surface area (Å²) < 4.78 is 0. The van der Waals surface area contributed by atoms with E-state index in [1.165, 1.54) is 12.8 Å². The Balaban J connectivity index is 2.55. The van der Waals surface area contributed by atoms with Gasteiger partial charge in [-0.3, -0.25) is 0 Å². The van der Waals surface area contributed by atoms with Gasteiger partial charge in [0.25, 0.3) is 0 Å². The van der Waals surface area contributed by atoms with Crippen LogP contribution < -0.4 is 0 Å². The maximum atomic E-state index is 2.54. The summed E-state index contributed by atoms with van der Waals surface area (Å²) >= 11 is 0. The normalized spacial score (nSPS) is 32.1. The predicted molar refractivity (Wildman–Crippen MR) is 128 cm³/mol. The summed E-state index contributed by atoms with van der Waals surface area (Å²) in [6.45, 7) is 32.3. The fraction of sp³-hybridized carbons (Fsp3) is 1.00. The zero-order valence-electron chi connectivity index (χ0n) is 21.9. The maximum Gasteiger partial charge on any atom is -0.0355 e. The van der Waals surface area contributed by atoms with Gasteiger partial charge in [0.2, 0.25) is 0 Å². The molecule has 0 saturated heterocycles. The van der Waals surface area contributed by atoms with Gasteiger partial charge < -0.3 is 0 Å². The van der Waals surface area contributed by atoms with Crippen molar-refractivity contribution < 1.29 is 0 Å². The quantitative estimate of drug-likeness (QED) is 0.310. The molecule has 0 aromatic carbocycles. The standard InChI is InChI=1S/C28H56/c1-16(2)20(6)24(10)25(11)23(9)18(4)14-17(3)21(7)22(8)19(5)15-28-26(12)27(28)13/h16-28H,14-15H2,1-13H3. The van der Waals surface area contributed by atoms with Gasteiger partial charge in [0.1, 0.15) is 0 Å². The van der Waals surface area contributed by atoms with Crippen LogP contribution in [-0.2, 0) is 0 Å². The molecule has 0 nitrogen and oxygen atoms in total. The van der Waals surface area contributed by atoms with E-state index < -0.39 is 0 Å². The minimum absolute atomic E-state index is 0.790. The molecule has 0 aromatic heterocycles. The van der Waals surface area contributed by atoms with Gasteiger partial charge in [0, 0.05) is 0 Å². The van der Waals surface area contributed by atoms with Gasteiger partial charge in [-0.05, 0) is 89.8 Å². The van der Waals surface area contributed by atoms with Crippen LogP contribution in [0, 0.1) is 76.9 Å². The molecule has 1 fully saturated rings. The van der Waals surface area contributed by atoms with E-state index in [-0.39, 0.29) is 0 Å². The first kappa shape index (κ1) is 26.0. The van der Waals surface area contributed by atoms with Crippen LogP contribution in [0.1, 0.15) is 103 Å². The second kappa shape index (κ2) is 10.9. The van der Waals surface area contributed by atoms with Crippen molar-refractivity contribution in [3.05, 3.63) is 0 Å². The van der Waals surface area contributed by atoms with Crippen LogP contribution in [0.3, 0.4) is 0 Å². The first-order valence-corrected chi connectivity index (χ1v) is 12.8. The molecular weight excluding hydrogens is 336 g/mol. The van der Waals surface area contributed by atoms with E-state index in [0.717, 1.165) is 76.9 Å². The smallest absolute Gasteiger partial charge is 0.0355 e. The second-order valence-corrected chi connectivity index (χ2v) is 12.2. The fourth-order valence-corrected chi connectivity index (χ4v) is 5.97. The summed E-state index contributed by atoms with van der Waals surface area (Å²) in [6, 6.07) is 0. The van der Waals surface area contributed by atoms with Crippen molar-refractivity contribution >= 4 is 0 Å². The van der Waals surface area contributed by atoms with Gasteiger partial charge in [0.05, 0.1) is 0 Å². The molecular formula is C28H56. The van der Waals surface area contributed by atoms with E-state index in [0.29, 0.717) is 0 Å². The minimum atomic E-state index is 0.790. The van der Waals surface area contributed by atoms with Crippen molar-refractivity contribution in [3.8, 4) is 0 Å². The van der Waals surface area contributed by atoms with Crippen molar-refractivity contribution in [2.45, 2.75) is 103 Å². The van der Waals surface area contributed by atoms with Crippen LogP contribution in [0.15, 0.2) is 0 Å². The molecule has 11 atom stereocenters. The SMILES string of the molecule is CC(C)C(C)C(C)C(C)C(C)C(C)CC(C)C(C)C(C)C(C)CC1C(C)C1C. The molecule has 0 radical (unpaired) electrons. The highest BCUT2D eigenvalue weighted by molar-refractivity contribution is 4.92. The Kier molecular flexibility index (Phi) is 10.1. The average Bonchev–Trinajstić information content (AvgIpc) is 3.21. The summed E-state index contributed by atoms with van der Waals surface area (Å²) in [5.41, 5.74) is 0. The molecule has 0 aromatic rings. The van der Waals surface area contributed by atoms with Crippen molar-refractivity contribution in [3.63, 3.8) is 0 Å². The van der Waals surface area contributed by atoms with Crippen LogP contribution in [0.5, 0.6) is 0 Å². The topological polar surface area (TPSA) is 0 Å². The maximum absolute atomic E-state index is 2.54.